The molecular formula is C17H15N3O4. The van der Waals surface area contributed by atoms with E-state index in [9.17, 15) is 15.3 Å². The van der Waals surface area contributed by atoms with E-state index in [2.05, 4.69) is 0 Å². The summed E-state index contributed by atoms with van der Waals surface area (Å²) in [5, 5.41) is 19.4. The van der Waals surface area contributed by atoms with Crippen molar-refractivity contribution in [2.75, 3.05) is 7.11 Å². The highest BCUT2D eigenvalue weighted by Gasteiger charge is 2.34. The van der Waals surface area contributed by atoms with Gasteiger partial charge in [-0.2, -0.15) is 9.99 Å². The highest BCUT2D eigenvalue weighted by Crippen LogP contribution is 2.40. The molecule has 0 fully saturated rings. The molecule has 122 valence electrons. The Labute approximate surface area is 137 Å². The van der Waals surface area contributed by atoms with E-state index in [1.54, 1.807) is 38.3 Å². The number of hydrogen-bond donors (Lipinski definition) is 2. The van der Waals surface area contributed by atoms with Gasteiger partial charge in [-0.25, -0.2) is 0 Å². The number of nitriles is 1. The first-order valence-corrected chi connectivity index (χ1v) is 7.15. The molecule has 0 aliphatic carbocycles. The molecule has 3 N–H and O–H groups in total. The lowest BCUT2D eigenvalue weighted by atomic mass is 9.84. The topological polar surface area (TPSA) is 110 Å². The minimum absolute atomic E-state index is 0.0553. The van der Waals surface area contributed by atoms with Crippen LogP contribution in [0.5, 0.6) is 11.5 Å². The SMILES string of the molecule is COc1ccc([C@H]2C(C#N)=C(N)Oc3cc(C)n(O)c(=O)c32)cc1. The van der Waals surface area contributed by atoms with E-state index in [-0.39, 0.29) is 22.8 Å². The van der Waals surface area contributed by atoms with Crippen LogP contribution in [0.4, 0.5) is 0 Å². The summed E-state index contributed by atoms with van der Waals surface area (Å²) in [6, 6.07) is 10.4. The van der Waals surface area contributed by atoms with E-state index in [0.717, 1.165) is 0 Å². The van der Waals surface area contributed by atoms with Gasteiger partial charge in [-0.3, -0.25) is 4.79 Å². The first-order valence-electron chi connectivity index (χ1n) is 7.15. The maximum atomic E-state index is 12.5. The van der Waals surface area contributed by atoms with Crippen molar-refractivity contribution >= 4 is 0 Å². The van der Waals surface area contributed by atoms with E-state index >= 15 is 0 Å². The summed E-state index contributed by atoms with van der Waals surface area (Å²) in [7, 11) is 1.55. The summed E-state index contributed by atoms with van der Waals surface area (Å²) in [5.41, 5.74) is 6.48. The summed E-state index contributed by atoms with van der Waals surface area (Å²) in [6.07, 6.45) is 0. The van der Waals surface area contributed by atoms with Crippen molar-refractivity contribution in [1.29, 1.82) is 5.26 Å². The number of rotatable bonds is 2. The first-order chi connectivity index (χ1) is 11.5. The van der Waals surface area contributed by atoms with Crippen LogP contribution in [-0.4, -0.2) is 17.0 Å². The smallest absolute Gasteiger partial charge is 0.291 e. The maximum Gasteiger partial charge on any atom is 0.291 e. The van der Waals surface area contributed by atoms with E-state index in [0.29, 0.717) is 21.7 Å². The zero-order valence-electron chi connectivity index (χ0n) is 13.1. The first kappa shape index (κ1) is 15.5. The van der Waals surface area contributed by atoms with Crippen molar-refractivity contribution in [2.24, 2.45) is 5.73 Å². The number of methoxy groups -OCH3 is 1. The number of aromatic nitrogens is 1. The Morgan fingerprint density at radius 1 is 1.38 bits per heavy atom. The highest BCUT2D eigenvalue weighted by atomic mass is 16.5. The Morgan fingerprint density at radius 2 is 2.04 bits per heavy atom. The molecule has 24 heavy (non-hydrogen) atoms. The van der Waals surface area contributed by atoms with Gasteiger partial charge in [0.1, 0.15) is 23.1 Å². The molecule has 1 aromatic carbocycles. The van der Waals surface area contributed by atoms with Gasteiger partial charge in [0.25, 0.3) is 5.56 Å². The fourth-order valence-electron chi connectivity index (χ4n) is 2.77. The lowest BCUT2D eigenvalue weighted by Gasteiger charge is -2.26. The molecule has 0 amide bonds. The highest BCUT2D eigenvalue weighted by molar-refractivity contribution is 5.55. The molecule has 2 heterocycles. The van der Waals surface area contributed by atoms with E-state index in [1.165, 1.54) is 6.07 Å². The van der Waals surface area contributed by atoms with Crippen molar-refractivity contribution in [3.8, 4) is 17.6 Å². The summed E-state index contributed by atoms with van der Waals surface area (Å²) < 4.78 is 11.1. The monoisotopic (exact) mass is 325 g/mol. The lowest BCUT2D eigenvalue weighted by Crippen LogP contribution is -2.31. The van der Waals surface area contributed by atoms with E-state index in [4.69, 9.17) is 15.2 Å². The van der Waals surface area contributed by atoms with Crippen molar-refractivity contribution in [3.05, 3.63) is 69.0 Å². The predicted octanol–water partition coefficient (Wildman–Crippen LogP) is 1.62. The number of allylic oxidation sites excluding steroid dienone is 1. The van der Waals surface area contributed by atoms with Crippen LogP contribution in [0.2, 0.25) is 0 Å². The van der Waals surface area contributed by atoms with Crippen LogP contribution < -0.4 is 20.8 Å². The third kappa shape index (κ3) is 2.25. The molecule has 0 bridgehead atoms. The van der Waals surface area contributed by atoms with Crippen LogP contribution in [0, 0.1) is 18.3 Å². The van der Waals surface area contributed by atoms with Gasteiger partial charge in [-0.05, 0) is 24.6 Å². The van der Waals surface area contributed by atoms with Gasteiger partial charge < -0.3 is 20.4 Å². The normalized spacial score (nSPS) is 16.1. The molecule has 0 spiro atoms. The zero-order chi connectivity index (χ0) is 17.4. The molecule has 7 heteroatoms. The Balaban J connectivity index is 2.28. The quantitative estimate of drug-likeness (QED) is 0.812. The van der Waals surface area contributed by atoms with Crippen molar-refractivity contribution in [1.82, 2.24) is 4.73 Å². The molecular weight excluding hydrogens is 310 g/mol. The van der Waals surface area contributed by atoms with Crippen LogP contribution >= 0.6 is 0 Å². The Kier molecular flexibility index (Phi) is 3.66. The summed E-state index contributed by atoms with van der Waals surface area (Å²) in [6.45, 7) is 1.56. The van der Waals surface area contributed by atoms with Crippen molar-refractivity contribution in [3.63, 3.8) is 0 Å². The number of pyridine rings is 1. The third-order valence-electron chi connectivity index (χ3n) is 3.99. The number of nitrogens with zero attached hydrogens (tertiary/aromatic N) is 2. The Hall–Kier alpha value is -3.40. The van der Waals surface area contributed by atoms with Crippen LogP contribution in [-0.2, 0) is 0 Å². The predicted molar refractivity (Wildman–Crippen MR) is 84.9 cm³/mol. The van der Waals surface area contributed by atoms with Gasteiger partial charge in [0.05, 0.1) is 24.3 Å². The zero-order valence-corrected chi connectivity index (χ0v) is 13.1. The number of hydrogen-bond acceptors (Lipinski definition) is 6. The number of fused-ring (bicyclic) bond motifs is 1. The molecule has 1 atom stereocenters. The summed E-state index contributed by atoms with van der Waals surface area (Å²) >= 11 is 0. The van der Waals surface area contributed by atoms with Gasteiger partial charge >= 0.3 is 0 Å². The molecule has 0 unspecified atom stereocenters. The molecule has 0 radical (unpaired) electrons. The fraction of sp³-hybridized carbons (Fsp3) is 0.176. The molecule has 1 aromatic heterocycles. The Morgan fingerprint density at radius 3 is 2.62 bits per heavy atom. The molecule has 1 aliphatic rings. The van der Waals surface area contributed by atoms with Crippen LogP contribution in [0.1, 0.15) is 22.7 Å². The maximum absolute atomic E-state index is 12.5. The van der Waals surface area contributed by atoms with Gasteiger partial charge in [0.2, 0.25) is 5.88 Å². The Bertz CT molecular complexity index is 936. The molecule has 0 saturated carbocycles. The summed E-state index contributed by atoms with van der Waals surface area (Å²) in [4.78, 5) is 12.5. The van der Waals surface area contributed by atoms with E-state index in [1.807, 2.05) is 6.07 Å². The number of ether oxygens (including phenoxy) is 2. The lowest BCUT2D eigenvalue weighted by molar-refractivity contribution is 0.165. The minimum Gasteiger partial charge on any atom is -0.497 e. The van der Waals surface area contributed by atoms with E-state index < -0.39 is 11.5 Å². The number of benzene rings is 1. The summed E-state index contributed by atoms with van der Waals surface area (Å²) in [5.74, 6) is 0.0987. The van der Waals surface area contributed by atoms with Gasteiger partial charge in [-0.15, -0.1) is 0 Å². The largest absolute Gasteiger partial charge is 0.497 e. The second-order valence-electron chi connectivity index (χ2n) is 5.38. The van der Waals surface area contributed by atoms with Crippen molar-refractivity contribution in [2.45, 2.75) is 12.8 Å². The number of nitrogens with two attached hydrogens (primary N) is 1. The molecule has 2 aromatic rings. The van der Waals surface area contributed by atoms with Gasteiger partial charge in [-0.1, -0.05) is 12.1 Å². The van der Waals surface area contributed by atoms with Crippen LogP contribution in [0.25, 0.3) is 0 Å². The number of aryl methyl sites for hydroxylation is 1. The van der Waals surface area contributed by atoms with Gasteiger partial charge in [0.15, 0.2) is 0 Å². The second kappa shape index (κ2) is 5.66. The second-order valence-corrected chi connectivity index (χ2v) is 5.38. The fourth-order valence-corrected chi connectivity index (χ4v) is 2.77. The minimum atomic E-state index is -0.726. The van der Waals surface area contributed by atoms with Crippen LogP contribution in [0.15, 0.2) is 46.6 Å². The standard InChI is InChI=1S/C17H15N3O4/c1-9-7-13-15(17(21)20(9)22)14(12(8-18)16(19)24-13)10-3-5-11(23-2)6-4-10/h3-7,14,22H,19H2,1-2H3/t14-/m0/s1. The average Bonchev–Trinajstić information content (AvgIpc) is 2.59. The van der Waals surface area contributed by atoms with Crippen LogP contribution in [0.3, 0.4) is 0 Å². The van der Waals surface area contributed by atoms with Gasteiger partial charge in [0, 0.05) is 6.07 Å². The molecule has 0 saturated heterocycles. The molecule has 7 nitrogen and oxygen atoms in total. The third-order valence-corrected chi connectivity index (χ3v) is 3.99. The van der Waals surface area contributed by atoms with Crippen molar-refractivity contribution < 1.29 is 14.7 Å². The molecule has 1 aliphatic heterocycles. The molecule has 3 rings (SSSR count). The average molecular weight is 325 g/mol.